The minimum Gasteiger partial charge on any atom is -0.411 e. The summed E-state index contributed by atoms with van der Waals surface area (Å²) >= 11 is 0. The number of allylic oxidation sites excluding steroid dienone is 2. The van der Waals surface area contributed by atoms with E-state index in [0.29, 0.717) is 19.1 Å². The van der Waals surface area contributed by atoms with Gasteiger partial charge in [0.2, 0.25) is 0 Å². The zero-order chi connectivity index (χ0) is 10.9. The Bertz CT molecular complexity index is 226. The van der Waals surface area contributed by atoms with E-state index in [-0.39, 0.29) is 0 Å². The number of oxime groups is 1. The fraction of sp³-hybridized carbons (Fsp3) is 0.727. The van der Waals surface area contributed by atoms with Gasteiger partial charge in [-0.25, -0.2) is 0 Å². The van der Waals surface area contributed by atoms with Crippen molar-refractivity contribution in [1.29, 1.82) is 0 Å². The maximum atomic E-state index is 8.37. The third kappa shape index (κ3) is 4.95. The molecule has 1 aliphatic carbocycles. The molecule has 1 N–H and O–H groups in total. The van der Waals surface area contributed by atoms with Crippen molar-refractivity contribution in [3.63, 3.8) is 0 Å². The Labute approximate surface area is 90.6 Å². The van der Waals surface area contributed by atoms with Crippen LogP contribution < -0.4 is 0 Å². The number of hydrogen-bond donors (Lipinski definition) is 1. The molecule has 0 radical (unpaired) electrons. The van der Waals surface area contributed by atoms with Crippen LogP contribution >= 0.6 is 0 Å². The van der Waals surface area contributed by atoms with Crippen LogP contribution in [-0.2, 0) is 9.47 Å². The maximum Gasteiger partial charge on any atom is 0.0700 e. The zero-order valence-electron chi connectivity index (χ0n) is 9.19. The third-order valence-corrected chi connectivity index (χ3v) is 2.56. The fourth-order valence-corrected chi connectivity index (χ4v) is 1.64. The lowest BCUT2D eigenvalue weighted by molar-refractivity contribution is 0.0495. The smallest absolute Gasteiger partial charge is 0.0700 e. The van der Waals surface area contributed by atoms with E-state index >= 15 is 0 Å². The Morgan fingerprint density at radius 2 is 2.47 bits per heavy atom. The van der Waals surface area contributed by atoms with Gasteiger partial charge in [-0.15, -0.1) is 0 Å². The van der Waals surface area contributed by atoms with E-state index < -0.39 is 0 Å². The summed E-state index contributed by atoms with van der Waals surface area (Å²) in [5.74, 6) is 0.595. The molecule has 0 amide bonds. The minimum atomic E-state index is 0.595. The van der Waals surface area contributed by atoms with Gasteiger partial charge in [-0.05, 0) is 30.8 Å². The van der Waals surface area contributed by atoms with Gasteiger partial charge in [-0.3, -0.25) is 0 Å². The highest BCUT2D eigenvalue weighted by molar-refractivity contribution is 5.78. The molecule has 0 saturated heterocycles. The van der Waals surface area contributed by atoms with Gasteiger partial charge in [0, 0.05) is 13.7 Å². The molecular weight excluding hydrogens is 194 g/mol. The van der Waals surface area contributed by atoms with Crippen LogP contribution in [0.25, 0.3) is 0 Å². The summed E-state index contributed by atoms with van der Waals surface area (Å²) < 4.78 is 10.4. The first-order chi connectivity index (χ1) is 7.36. The lowest BCUT2D eigenvalue weighted by atomic mass is 9.91. The zero-order valence-corrected chi connectivity index (χ0v) is 9.19. The first kappa shape index (κ1) is 12.2. The van der Waals surface area contributed by atoms with Crippen LogP contribution in [0.4, 0.5) is 0 Å². The van der Waals surface area contributed by atoms with Gasteiger partial charge < -0.3 is 14.7 Å². The molecule has 1 aliphatic rings. The molecule has 1 rings (SSSR count). The molecule has 1 atom stereocenters. The molecule has 0 fully saturated rings. The summed E-state index contributed by atoms with van der Waals surface area (Å²) in [7, 11) is 1.67. The SMILES string of the molecule is COCCOCC1CC=C(/C=N/O)CC1. The van der Waals surface area contributed by atoms with Gasteiger partial charge in [0.1, 0.15) is 0 Å². The highest BCUT2D eigenvalue weighted by atomic mass is 16.5. The highest BCUT2D eigenvalue weighted by Crippen LogP contribution is 2.22. The van der Waals surface area contributed by atoms with Crippen LogP contribution in [-0.4, -0.2) is 38.4 Å². The second kappa shape index (κ2) is 7.43. The highest BCUT2D eigenvalue weighted by Gasteiger charge is 2.13. The molecule has 0 aliphatic heterocycles. The van der Waals surface area contributed by atoms with Crippen LogP contribution in [0.2, 0.25) is 0 Å². The van der Waals surface area contributed by atoms with Crippen LogP contribution in [0.15, 0.2) is 16.8 Å². The first-order valence-corrected chi connectivity index (χ1v) is 5.30. The van der Waals surface area contributed by atoms with Crippen LogP contribution in [0.1, 0.15) is 19.3 Å². The van der Waals surface area contributed by atoms with Crippen molar-refractivity contribution in [2.24, 2.45) is 11.1 Å². The number of rotatable bonds is 6. The fourth-order valence-electron chi connectivity index (χ4n) is 1.64. The van der Waals surface area contributed by atoms with E-state index in [9.17, 15) is 0 Å². The summed E-state index contributed by atoms with van der Waals surface area (Å²) in [6.45, 7) is 2.12. The summed E-state index contributed by atoms with van der Waals surface area (Å²) in [5, 5.41) is 11.4. The molecule has 0 spiro atoms. The minimum absolute atomic E-state index is 0.595. The van der Waals surface area contributed by atoms with Gasteiger partial charge in [-0.1, -0.05) is 11.2 Å². The standard InChI is InChI=1S/C11H19NO3/c1-14-6-7-15-9-11-4-2-10(3-5-11)8-12-13/h2,8,11,13H,3-7,9H2,1H3/b12-8+. The second-order valence-corrected chi connectivity index (χ2v) is 3.73. The van der Waals surface area contributed by atoms with Crippen molar-refractivity contribution in [3.8, 4) is 0 Å². The van der Waals surface area contributed by atoms with Crippen molar-refractivity contribution in [2.75, 3.05) is 26.9 Å². The average molecular weight is 213 g/mol. The summed E-state index contributed by atoms with van der Waals surface area (Å²) in [4.78, 5) is 0. The summed E-state index contributed by atoms with van der Waals surface area (Å²) in [6.07, 6.45) is 6.72. The topological polar surface area (TPSA) is 51.0 Å². The molecule has 15 heavy (non-hydrogen) atoms. The van der Waals surface area contributed by atoms with E-state index in [1.165, 1.54) is 6.21 Å². The molecule has 0 saturated carbocycles. The van der Waals surface area contributed by atoms with Gasteiger partial charge >= 0.3 is 0 Å². The third-order valence-electron chi connectivity index (χ3n) is 2.56. The maximum absolute atomic E-state index is 8.37. The second-order valence-electron chi connectivity index (χ2n) is 3.73. The summed E-state index contributed by atoms with van der Waals surface area (Å²) in [6, 6.07) is 0. The largest absolute Gasteiger partial charge is 0.411 e. The number of methoxy groups -OCH3 is 1. The lowest BCUT2D eigenvalue weighted by Crippen LogP contribution is -2.15. The molecule has 4 heteroatoms. The Morgan fingerprint density at radius 3 is 3.07 bits per heavy atom. The van der Waals surface area contributed by atoms with Crippen molar-refractivity contribution in [3.05, 3.63) is 11.6 Å². The molecule has 0 aromatic rings. The van der Waals surface area contributed by atoms with Crippen molar-refractivity contribution in [1.82, 2.24) is 0 Å². The van der Waals surface area contributed by atoms with Gasteiger partial charge in [0.15, 0.2) is 0 Å². The van der Waals surface area contributed by atoms with E-state index in [1.54, 1.807) is 7.11 Å². The Hall–Kier alpha value is -0.870. The molecule has 0 bridgehead atoms. The van der Waals surface area contributed by atoms with Crippen molar-refractivity contribution >= 4 is 6.21 Å². The normalized spacial score (nSPS) is 21.9. The monoisotopic (exact) mass is 213 g/mol. The number of hydrogen-bond acceptors (Lipinski definition) is 4. The molecule has 0 aromatic carbocycles. The predicted molar refractivity (Wildman–Crippen MR) is 58.4 cm³/mol. The number of nitrogens with zero attached hydrogens (tertiary/aromatic N) is 1. The Balaban J connectivity index is 2.14. The van der Waals surface area contributed by atoms with E-state index in [4.69, 9.17) is 14.7 Å². The van der Waals surface area contributed by atoms with Gasteiger partial charge in [0.25, 0.3) is 0 Å². The van der Waals surface area contributed by atoms with Gasteiger partial charge in [0.05, 0.1) is 19.4 Å². The summed E-state index contributed by atoms with van der Waals surface area (Å²) in [5.41, 5.74) is 1.12. The first-order valence-electron chi connectivity index (χ1n) is 5.30. The van der Waals surface area contributed by atoms with E-state index in [1.807, 2.05) is 0 Å². The average Bonchev–Trinajstić information content (AvgIpc) is 2.27. The molecular formula is C11H19NO3. The molecule has 86 valence electrons. The van der Waals surface area contributed by atoms with Crippen molar-refractivity contribution in [2.45, 2.75) is 19.3 Å². The Morgan fingerprint density at radius 1 is 1.60 bits per heavy atom. The van der Waals surface area contributed by atoms with Crippen LogP contribution in [0.5, 0.6) is 0 Å². The van der Waals surface area contributed by atoms with Crippen molar-refractivity contribution < 1.29 is 14.7 Å². The quantitative estimate of drug-likeness (QED) is 0.317. The Kier molecular flexibility index (Phi) is 6.04. The van der Waals surface area contributed by atoms with Gasteiger partial charge in [-0.2, -0.15) is 0 Å². The lowest BCUT2D eigenvalue weighted by Gasteiger charge is -2.19. The van der Waals surface area contributed by atoms with E-state index in [0.717, 1.165) is 31.4 Å². The molecule has 0 aromatic heterocycles. The van der Waals surface area contributed by atoms with Crippen LogP contribution in [0, 0.1) is 5.92 Å². The van der Waals surface area contributed by atoms with E-state index in [2.05, 4.69) is 11.2 Å². The number of ether oxygens (including phenoxy) is 2. The molecule has 0 heterocycles. The molecule has 1 unspecified atom stereocenters. The predicted octanol–water partition coefficient (Wildman–Crippen LogP) is 1.84. The molecule has 4 nitrogen and oxygen atoms in total. The van der Waals surface area contributed by atoms with Crippen LogP contribution in [0.3, 0.4) is 0 Å².